The van der Waals surface area contributed by atoms with Gasteiger partial charge in [0.15, 0.2) is 0 Å². The lowest BCUT2D eigenvalue weighted by molar-refractivity contribution is 0.274. The number of nitrogens with one attached hydrogen (secondary N) is 1. The Bertz CT molecular complexity index is 572. The third-order valence-electron chi connectivity index (χ3n) is 3.68. The quantitative estimate of drug-likeness (QED) is 0.701. The number of phenolic OH excluding ortho intramolecular Hbond substituents is 1. The molecule has 118 valence electrons. The van der Waals surface area contributed by atoms with Gasteiger partial charge in [0.2, 0.25) is 0 Å². The number of aliphatic hydroxyl groups is 1. The van der Waals surface area contributed by atoms with Gasteiger partial charge >= 0.3 is 0 Å². The molecule has 1 unspecified atom stereocenters. The molecule has 2 aromatic carbocycles. The molecule has 0 saturated heterocycles. The minimum atomic E-state index is 0.148. The third kappa shape index (κ3) is 4.48. The van der Waals surface area contributed by atoms with Gasteiger partial charge in [-0.05, 0) is 24.5 Å². The van der Waals surface area contributed by atoms with Crippen LogP contribution in [-0.2, 0) is 6.54 Å². The molecule has 4 heteroatoms. The first-order valence-corrected chi connectivity index (χ1v) is 7.49. The van der Waals surface area contributed by atoms with Crippen molar-refractivity contribution in [3.05, 3.63) is 59.7 Å². The molecule has 22 heavy (non-hydrogen) atoms. The Kier molecular flexibility index (Phi) is 6.25. The molecule has 4 nitrogen and oxygen atoms in total. The molecule has 0 heterocycles. The SMILES string of the molecule is COc1ccc(CNC(CCCO)c2ccccc2)c(O)c1. The van der Waals surface area contributed by atoms with Crippen LogP contribution in [-0.4, -0.2) is 23.9 Å². The molecule has 0 aliphatic heterocycles. The van der Waals surface area contributed by atoms with Crippen LogP contribution in [0.5, 0.6) is 11.5 Å². The Morgan fingerprint density at radius 1 is 1.14 bits per heavy atom. The number of aliphatic hydroxyl groups excluding tert-OH is 1. The van der Waals surface area contributed by atoms with E-state index in [1.54, 1.807) is 13.2 Å². The lowest BCUT2D eigenvalue weighted by Crippen LogP contribution is -2.21. The highest BCUT2D eigenvalue weighted by Crippen LogP contribution is 2.25. The van der Waals surface area contributed by atoms with E-state index in [0.717, 1.165) is 18.4 Å². The van der Waals surface area contributed by atoms with E-state index < -0.39 is 0 Å². The number of ether oxygens (including phenoxy) is 1. The van der Waals surface area contributed by atoms with Crippen molar-refractivity contribution in [3.63, 3.8) is 0 Å². The topological polar surface area (TPSA) is 61.7 Å². The van der Waals surface area contributed by atoms with Gasteiger partial charge in [-0.3, -0.25) is 0 Å². The number of phenols is 1. The Balaban J connectivity index is 2.05. The van der Waals surface area contributed by atoms with E-state index in [-0.39, 0.29) is 18.4 Å². The maximum atomic E-state index is 10.0. The van der Waals surface area contributed by atoms with Crippen molar-refractivity contribution in [3.8, 4) is 11.5 Å². The normalized spacial score (nSPS) is 12.1. The molecule has 0 aliphatic rings. The van der Waals surface area contributed by atoms with Crippen molar-refractivity contribution in [2.45, 2.75) is 25.4 Å². The van der Waals surface area contributed by atoms with Crippen LogP contribution in [0.25, 0.3) is 0 Å². The zero-order valence-corrected chi connectivity index (χ0v) is 12.8. The number of methoxy groups -OCH3 is 1. The lowest BCUT2D eigenvalue weighted by Gasteiger charge is -2.19. The molecule has 0 spiro atoms. The fourth-order valence-corrected chi connectivity index (χ4v) is 2.42. The lowest BCUT2D eigenvalue weighted by atomic mass is 10.0. The maximum absolute atomic E-state index is 10.0. The minimum absolute atomic E-state index is 0.148. The second-order valence-corrected chi connectivity index (χ2v) is 5.20. The number of aromatic hydroxyl groups is 1. The first kappa shape index (κ1) is 16.3. The van der Waals surface area contributed by atoms with Crippen LogP contribution in [0.2, 0.25) is 0 Å². The van der Waals surface area contributed by atoms with Crippen LogP contribution in [0.15, 0.2) is 48.5 Å². The summed E-state index contributed by atoms with van der Waals surface area (Å²) in [6, 6.07) is 15.6. The first-order chi connectivity index (χ1) is 10.7. The zero-order chi connectivity index (χ0) is 15.8. The van der Waals surface area contributed by atoms with Crippen molar-refractivity contribution < 1.29 is 14.9 Å². The largest absolute Gasteiger partial charge is 0.507 e. The van der Waals surface area contributed by atoms with E-state index in [1.807, 2.05) is 30.3 Å². The molecule has 0 fully saturated rings. The second-order valence-electron chi connectivity index (χ2n) is 5.20. The van der Waals surface area contributed by atoms with Crippen LogP contribution < -0.4 is 10.1 Å². The summed E-state index contributed by atoms with van der Waals surface area (Å²) < 4.78 is 5.09. The average molecular weight is 301 g/mol. The van der Waals surface area contributed by atoms with Crippen molar-refractivity contribution in [2.75, 3.05) is 13.7 Å². The summed E-state index contributed by atoms with van der Waals surface area (Å²) in [6.45, 7) is 0.736. The predicted octanol–water partition coefficient (Wildman–Crippen LogP) is 3.00. The summed E-state index contributed by atoms with van der Waals surface area (Å²) in [5.74, 6) is 0.863. The van der Waals surface area contributed by atoms with Gasteiger partial charge < -0.3 is 20.3 Å². The molecule has 0 aromatic heterocycles. The minimum Gasteiger partial charge on any atom is -0.507 e. The van der Waals surface area contributed by atoms with Gasteiger partial charge in [-0.1, -0.05) is 36.4 Å². The van der Waals surface area contributed by atoms with Crippen LogP contribution in [0.1, 0.15) is 30.0 Å². The number of benzene rings is 2. The standard InChI is InChI=1S/C18H23NO3/c1-22-16-10-9-15(18(21)12-16)13-19-17(8-5-11-20)14-6-3-2-4-7-14/h2-4,6-7,9-10,12,17,19-21H,5,8,11,13H2,1H3. The number of hydrogen-bond donors (Lipinski definition) is 3. The third-order valence-corrected chi connectivity index (χ3v) is 3.68. The summed E-state index contributed by atoms with van der Waals surface area (Å²) in [7, 11) is 1.58. The van der Waals surface area contributed by atoms with Crippen molar-refractivity contribution >= 4 is 0 Å². The van der Waals surface area contributed by atoms with Crippen LogP contribution >= 0.6 is 0 Å². The van der Waals surface area contributed by atoms with Crippen molar-refractivity contribution in [1.29, 1.82) is 0 Å². The Morgan fingerprint density at radius 2 is 1.91 bits per heavy atom. The maximum Gasteiger partial charge on any atom is 0.123 e. The molecule has 0 saturated carbocycles. The average Bonchev–Trinajstić information content (AvgIpc) is 2.56. The van der Waals surface area contributed by atoms with E-state index >= 15 is 0 Å². The van der Waals surface area contributed by atoms with Crippen LogP contribution in [0.4, 0.5) is 0 Å². The van der Waals surface area contributed by atoms with Gasteiger partial charge in [0.05, 0.1) is 7.11 Å². The van der Waals surface area contributed by atoms with E-state index in [1.165, 1.54) is 5.56 Å². The van der Waals surface area contributed by atoms with Crippen molar-refractivity contribution in [2.24, 2.45) is 0 Å². The molecular formula is C18H23NO3. The summed E-state index contributed by atoms with van der Waals surface area (Å²) in [4.78, 5) is 0. The second kappa shape index (κ2) is 8.41. The molecule has 3 N–H and O–H groups in total. The van der Waals surface area contributed by atoms with E-state index in [9.17, 15) is 5.11 Å². The number of hydrogen-bond acceptors (Lipinski definition) is 4. The van der Waals surface area contributed by atoms with Crippen molar-refractivity contribution in [1.82, 2.24) is 5.32 Å². The monoisotopic (exact) mass is 301 g/mol. The molecule has 2 aromatic rings. The first-order valence-electron chi connectivity index (χ1n) is 7.49. The highest BCUT2D eigenvalue weighted by atomic mass is 16.5. The van der Waals surface area contributed by atoms with E-state index in [2.05, 4.69) is 17.4 Å². The summed E-state index contributed by atoms with van der Waals surface area (Å²) in [6.07, 6.45) is 1.58. The van der Waals surface area contributed by atoms with Gasteiger partial charge in [0.1, 0.15) is 11.5 Å². The molecule has 1 atom stereocenters. The van der Waals surface area contributed by atoms with Crippen LogP contribution in [0.3, 0.4) is 0 Å². The number of rotatable bonds is 8. The summed E-state index contributed by atoms with van der Waals surface area (Å²) in [5, 5.41) is 22.5. The Morgan fingerprint density at radius 3 is 2.55 bits per heavy atom. The summed E-state index contributed by atoms with van der Waals surface area (Å²) >= 11 is 0. The van der Waals surface area contributed by atoms with E-state index in [0.29, 0.717) is 12.3 Å². The Labute approximate surface area is 131 Å². The zero-order valence-electron chi connectivity index (χ0n) is 12.8. The molecule has 0 aliphatic carbocycles. The molecular weight excluding hydrogens is 278 g/mol. The van der Waals surface area contributed by atoms with Gasteiger partial charge in [-0.15, -0.1) is 0 Å². The van der Waals surface area contributed by atoms with Crippen LogP contribution in [0, 0.1) is 0 Å². The highest BCUT2D eigenvalue weighted by molar-refractivity contribution is 5.39. The molecule has 0 amide bonds. The fourth-order valence-electron chi connectivity index (χ4n) is 2.42. The summed E-state index contributed by atoms with van der Waals surface area (Å²) in [5.41, 5.74) is 2.01. The molecule has 0 radical (unpaired) electrons. The van der Waals surface area contributed by atoms with Gasteiger partial charge in [-0.2, -0.15) is 0 Å². The Hall–Kier alpha value is -2.04. The predicted molar refractivity (Wildman–Crippen MR) is 87.0 cm³/mol. The molecule has 2 rings (SSSR count). The van der Waals surface area contributed by atoms with Gasteiger partial charge in [0, 0.05) is 30.8 Å². The fraction of sp³-hybridized carbons (Fsp3) is 0.333. The highest BCUT2D eigenvalue weighted by Gasteiger charge is 2.11. The van der Waals surface area contributed by atoms with Gasteiger partial charge in [0.25, 0.3) is 0 Å². The smallest absolute Gasteiger partial charge is 0.123 e. The van der Waals surface area contributed by atoms with E-state index in [4.69, 9.17) is 9.84 Å². The van der Waals surface area contributed by atoms with Gasteiger partial charge in [-0.25, -0.2) is 0 Å². The molecule has 0 bridgehead atoms.